The van der Waals surface area contributed by atoms with Crippen molar-refractivity contribution in [3.8, 4) is 5.88 Å². The fourth-order valence-electron chi connectivity index (χ4n) is 3.34. The van der Waals surface area contributed by atoms with Gasteiger partial charge in [0.05, 0.1) is 15.6 Å². The number of rotatable bonds is 4. The van der Waals surface area contributed by atoms with E-state index in [2.05, 4.69) is 19.7 Å². The summed E-state index contributed by atoms with van der Waals surface area (Å²) in [7, 11) is -3.85. The van der Waals surface area contributed by atoms with Gasteiger partial charge in [0.25, 0.3) is 10.0 Å². The predicted molar refractivity (Wildman–Crippen MR) is 119 cm³/mol. The maximum atomic E-state index is 12.9. The van der Waals surface area contributed by atoms with Crippen molar-refractivity contribution in [2.45, 2.75) is 4.90 Å². The zero-order chi connectivity index (χ0) is 21.6. The molecule has 0 saturated heterocycles. The summed E-state index contributed by atoms with van der Waals surface area (Å²) < 4.78 is 28.3. The van der Waals surface area contributed by atoms with Crippen molar-refractivity contribution in [3.63, 3.8) is 0 Å². The van der Waals surface area contributed by atoms with Crippen LogP contribution in [-0.2, 0) is 10.0 Å². The fourth-order valence-corrected chi connectivity index (χ4v) is 4.55. The van der Waals surface area contributed by atoms with Crippen molar-refractivity contribution >= 4 is 44.3 Å². The smallest absolute Gasteiger partial charge is 0.261 e. The van der Waals surface area contributed by atoms with Crippen LogP contribution in [0.1, 0.15) is 5.56 Å². The second-order valence-electron chi connectivity index (χ2n) is 6.92. The fraction of sp³-hybridized carbons (Fsp3) is 0. The Bertz CT molecular complexity index is 1550. The second-order valence-corrected chi connectivity index (χ2v) is 9.04. The van der Waals surface area contributed by atoms with E-state index in [1.165, 1.54) is 12.1 Å². The third-order valence-corrected chi connectivity index (χ3v) is 6.45. The predicted octanol–water partition coefficient (Wildman–Crippen LogP) is 3.58. The van der Waals surface area contributed by atoms with Gasteiger partial charge in [-0.1, -0.05) is 23.7 Å². The Morgan fingerprint density at radius 3 is 2.32 bits per heavy atom. The van der Waals surface area contributed by atoms with Crippen molar-refractivity contribution in [1.29, 1.82) is 0 Å². The molecule has 0 saturated carbocycles. The lowest BCUT2D eigenvalue weighted by Gasteiger charge is -2.08. The van der Waals surface area contributed by atoms with Crippen LogP contribution >= 0.6 is 11.6 Å². The highest BCUT2D eigenvalue weighted by molar-refractivity contribution is 7.92. The summed E-state index contributed by atoms with van der Waals surface area (Å²) in [5, 5.41) is 12.9. The van der Waals surface area contributed by atoms with E-state index in [-0.39, 0.29) is 10.8 Å². The molecule has 1 aliphatic heterocycles. The number of benzene rings is 3. The first kappa shape index (κ1) is 19.3. The molecule has 5 rings (SSSR count). The van der Waals surface area contributed by atoms with Crippen LogP contribution in [0.2, 0.25) is 5.02 Å². The minimum absolute atomic E-state index is 0.0529. The van der Waals surface area contributed by atoms with Gasteiger partial charge in [0.2, 0.25) is 0 Å². The summed E-state index contributed by atoms with van der Waals surface area (Å²) in [6.07, 6.45) is 1.62. The summed E-state index contributed by atoms with van der Waals surface area (Å²) in [6, 6.07) is 18.4. The number of halogens is 1. The van der Waals surface area contributed by atoms with Crippen LogP contribution in [0.25, 0.3) is 17.0 Å². The first-order valence-electron chi connectivity index (χ1n) is 9.26. The molecule has 2 heterocycles. The highest BCUT2D eigenvalue weighted by atomic mass is 35.5. The van der Waals surface area contributed by atoms with Crippen LogP contribution in [-0.4, -0.2) is 18.5 Å². The molecular formula is C22H15ClN4O3S. The molecule has 0 atom stereocenters. The normalized spacial score (nSPS) is 12.9. The molecule has 0 bridgehead atoms. The van der Waals surface area contributed by atoms with Crippen LogP contribution in [0, 0.1) is 0 Å². The Hall–Kier alpha value is -3.62. The quantitative estimate of drug-likeness (QED) is 0.442. The topological polar surface area (TPSA) is 107 Å². The van der Waals surface area contributed by atoms with E-state index in [0.29, 0.717) is 33.0 Å². The van der Waals surface area contributed by atoms with Crippen LogP contribution < -0.4 is 15.4 Å². The molecule has 31 heavy (non-hydrogen) atoms. The number of nitrogens with zero attached hydrogens (tertiary/aromatic N) is 2. The molecular weight excluding hydrogens is 436 g/mol. The number of hydrogen-bond acceptors (Lipinski definition) is 5. The Morgan fingerprint density at radius 2 is 1.65 bits per heavy atom. The van der Waals surface area contributed by atoms with Crippen molar-refractivity contribution in [1.82, 2.24) is 4.98 Å². The first-order valence-corrected chi connectivity index (χ1v) is 11.1. The van der Waals surface area contributed by atoms with E-state index in [9.17, 15) is 13.5 Å². The maximum Gasteiger partial charge on any atom is 0.261 e. The molecule has 1 aliphatic rings. The standard InChI is InChI=1S/C22H15ClN4O3S/c23-13-5-7-14(8-6-13)27-31(29,30)15-9-10-18-16(11-15)17(22(28)26-18)12-21-24-19-3-1-2-4-20(19)25-21/h1-12,26-28H. The van der Waals surface area contributed by atoms with Gasteiger partial charge in [-0.3, -0.25) is 4.72 Å². The van der Waals surface area contributed by atoms with Gasteiger partial charge in [0.1, 0.15) is 0 Å². The molecule has 3 aromatic carbocycles. The molecule has 3 N–H and O–H groups in total. The van der Waals surface area contributed by atoms with E-state index < -0.39 is 10.0 Å². The molecule has 9 heteroatoms. The van der Waals surface area contributed by atoms with E-state index in [1.54, 1.807) is 36.4 Å². The molecule has 0 fully saturated rings. The van der Waals surface area contributed by atoms with E-state index in [1.807, 2.05) is 24.3 Å². The van der Waals surface area contributed by atoms with Gasteiger partial charge < -0.3 is 10.1 Å². The summed E-state index contributed by atoms with van der Waals surface area (Å²) in [4.78, 5) is 11.8. The summed E-state index contributed by atoms with van der Waals surface area (Å²) in [6.45, 7) is 0. The van der Waals surface area contributed by atoms with Gasteiger partial charge in [-0.05, 0) is 60.7 Å². The van der Waals surface area contributed by atoms with E-state index in [0.717, 1.165) is 10.7 Å². The Balaban J connectivity index is 1.56. The van der Waals surface area contributed by atoms with E-state index in [4.69, 9.17) is 11.6 Å². The number of H-pyrrole nitrogens is 1. The highest BCUT2D eigenvalue weighted by Gasteiger charge is 2.18. The first-order chi connectivity index (χ1) is 14.9. The number of hydrogen-bond donors (Lipinski definition) is 3. The van der Waals surface area contributed by atoms with Crippen LogP contribution in [0.15, 0.2) is 87.4 Å². The summed E-state index contributed by atoms with van der Waals surface area (Å²) >= 11 is 5.86. The summed E-state index contributed by atoms with van der Waals surface area (Å²) in [5.74, 6) is 0.328. The largest absolute Gasteiger partial charge is 0.494 e. The third kappa shape index (κ3) is 3.67. The monoisotopic (exact) mass is 450 g/mol. The van der Waals surface area contributed by atoms with Gasteiger partial charge in [0.15, 0.2) is 11.7 Å². The molecule has 154 valence electrons. The van der Waals surface area contributed by atoms with Crippen LogP contribution in [0.3, 0.4) is 0 Å². The lowest BCUT2D eigenvalue weighted by atomic mass is 10.1. The van der Waals surface area contributed by atoms with Gasteiger partial charge in [-0.25, -0.2) is 18.4 Å². The number of aromatic amines is 1. The van der Waals surface area contributed by atoms with E-state index >= 15 is 0 Å². The maximum absolute atomic E-state index is 12.9. The lowest BCUT2D eigenvalue weighted by molar-refractivity contribution is 0.457. The van der Waals surface area contributed by atoms with Gasteiger partial charge >= 0.3 is 0 Å². The van der Waals surface area contributed by atoms with Crippen molar-refractivity contribution in [3.05, 3.63) is 93.9 Å². The Labute approximate surface area is 182 Å². The number of sulfonamides is 1. The average molecular weight is 451 g/mol. The molecule has 1 aromatic heterocycles. The summed E-state index contributed by atoms with van der Waals surface area (Å²) in [5.41, 5.74) is 1.39. The van der Waals surface area contributed by atoms with Gasteiger partial charge in [-0.2, -0.15) is 0 Å². The molecule has 4 aromatic rings. The molecule has 7 nitrogen and oxygen atoms in total. The molecule has 0 radical (unpaired) electrons. The number of aromatic hydroxyl groups is 1. The molecule has 0 amide bonds. The Kier molecular flexibility index (Phi) is 4.53. The average Bonchev–Trinajstić information content (AvgIpc) is 3.29. The zero-order valence-electron chi connectivity index (χ0n) is 15.9. The van der Waals surface area contributed by atoms with Crippen molar-refractivity contribution in [2.24, 2.45) is 9.98 Å². The lowest BCUT2D eigenvalue weighted by Crippen LogP contribution is -2.19. The molecule has 0 aliphatic carbocycles. The number of para-hydroxylation sites is 2. The number of nitrogens with one attached hydrogen (secondary N) is 2. The number of anilines is 1. The number of aromatic nitrogens is 1. The van der Waals surface area contributed by atoms with Crippen LogP contribution in [0.5, 0.6) is 5.88 Å². The van der Waals surface area contributed by atoms with Crippen molar-refractivity contribution < 1.29 is 13.5 Å². The van der Waals surface area contributed by atoms with Gasteiger partial charge in [-0.15, -0.1) is 0 Å². The zero-order valence-corrected chi connectivity index (χ0v) is 17.4. The number of fused-ring (bicyclic) bond motifs is 2. The minimum Gasteiger partial charge on any atom is -0.494 e. The molecule has 0 spiro atoms. The van der Waals surface area contributed by atoms with Gasteiger partial charge in [0, 0.05) is 27.2 Å². The van der Waals surface area contributed by atoms with Crippen LogP contribution in [0.4, 0.5) is 5.69 Å². The second kappa shape index (κ2) is 7.26. The Morgan fingerprint density at radius 1 is 0.968 bits per heavy atom. The SMILES string of the molecule is O=S(=O)(Nc1ccc(Cl)cc1)c1ccc2[nH]c(O)c(C=C3N=c4ccccc4=N3)c2c1. The highest BCUT2D eigenvalue weighted by Crippen LogP contribution is 2.32. The third-order valence-electron chi connectivity index (χ3n) is 4.82. The van der Waals surface area contributed by atoms with Crippen molar-refractivity contribution in [2.75, 3.05) is 4.72 Å². The molecule has 0 unspecified atom stereocenters. The minimum atomic E-state index is -3.85.